The first-order chi connectivity index (χ1) is 6.01. The fourth-order valence-electron chi connectivity index (χ4n) is 0.621. The summed E-state index contributed by atoms with van der Waals surface area (Å²) in [7, 11) is -1.18. The van der Waals surface area contributed by atoms with Gasteiger partial charge in [-0.3, -0.25) is 4.57 Å². The minimum atomic E-state index is -3.53. The average Bonchev–Trinajstić information content (AvgIpc) is 2.16. The van der Waals surface area contributed by atoms with Gasteiger partial charge in [-0.1, -0.05) is 6.58 Å². The predicted octanol–water partition coefficient (Wildman–Crippen LogP) is 1.55. The highest BCUT2D eigenvalue weighted by Crippen LogP contribution is 2.54. The predicted molar refractivity (Wildman–Crippen MR) is 47.4 cm³/mol. The molecular weight excluding hydrogens is 195 g/mol. The summed E-state index contributed by atoms with van der Waals surface area (Å²) in [5.41, 5.74) is 0. The van der Waals surface area contributed by atoms with Crippen LogP contribution >= 0.6 is 7.60 Å². The summed E-state index contributed by atoms with van der Waals surface area (Å²) in [6.45, 7) is 5.12. The van der Waals surface area contributed by atoms with Crippen LogP contribution in [0.1, 0.15) is 6.92 Å². The van der Waals surface area contributed by atoms with Crippen LogP contribution in [0.2, 0.25) is 0 Å². The molecule has 0 heterocycles. The third-order valence-electron chi connectivity index (χ3n) is 1.32. The Morgan fingerprint density at radius 1 is 1.38 bits per heavy atom. The van der Waals surface area contributed by atoms with E-state index in [0.29, 0.717) is 0 Å². The van der Waals surface area contributed by atoms with Gasteiger partial charge in [-0.25, -0.2) is 4.79 Å². The quantitative estimate of drug-likeness (QED) is 0.389. The Balaban J connectivity index is 4.57. The number of ether oxygens (including phenoxy) is 1. The zero-order valence-electron chi connectivity index (χ0n) is 7.90. The van der Waals surface area contributed by atoms with Gasteiger partial charge < -0.3 is 13.8 Å². The molecule has 0 spiro atoms. The first-order valence-corrected chi connectivity index (χ1v) is 5.14. The Morgan fingerprint density at radius 3 is 2.15 bits per heavy atom. The minimum absolute atomic E-state index is 0.186. The van der Waals surface area contributed by atoms with E-state index in [4.69, 9.17) is 0 Å². The molecule has 0 bridgehead atoms. The van der Waals surface area contributed by atoms with Gasteiger partial charge >= 0.3 is 13.6 Å². The molecule has 0 saturated heterocycles. The Bertz CT molecular complexity index is 239. The molecule has 0 radical (unpaired) electrons. The zero-order chi connectivity index (χ0) is 10.5. The summed E-state index contributed by atoms with van der Waals surface area (Å²) in [6.07, 6.45) is 0. The molecule has 0 aromatic rings. The summed E-state index contributed by atoms with van der Waals surface area (Å²) in [6, 6.07) is 0. The third-order valence-corrected chi connectivity index (χ3v) is 3.13. The highest BCUT2D eigenvalue weighted by atomic mass is 31.2. The molecule has 0 atom stereocenters. The zero-order valence-corrected chi connectivity index (χ0v) is 8.80. The van der Waals surface area contributed by atoms with Gasteiger partial charge in [0.2, 0.25) is 0 Å². The van der Waals surface area contributed by atoms with Gasteiger partial charge in [0.15, 0.2) is 0 Å². The molecule has 0 amide bonds. The molecule has 0 aliphatic heterocycles. The molecule has 13 heavy (non-hydrogen) atoms. The van der Waals surface area contributed by atoms with E-state index < -0.39 is 13.6 Å². The number of carbonyl (C=O) groups excluding carboxylic acids is 1. The Labute approximate surface area is 77.2 Å². The van der Waals surface area contributed by atoms with Gasteiger partial charge in [-0.15, -0.1) is 0 Å². The summed E-state index contributed by atoms with van der Waals surface area (Å²) in [4.78, 5) is 11.1. The first kappa shape index (κ1) is 12.4. The monoisotopic (exact) mass is 208 g/mol. The van der Waals surface area contributed by atoms with Crippen molar-refractivity contribution in [3.63, 3.8) is 0 Å². The topological polar surface area (TPSA) is 61.8 Å². The maximum Gasteiger partial charge on any atom is 0.367 e. The van der Waals surface area contributed by atoms with E-state index in [1.165, 1.54) is 14.2 Å². The van der Waals surface area contributed by atoms with E-state index in [0.717, 1.165) is 0 Å². The number of hydrogen-bond donors (Lipinski definition) is 0. The average molecular weight is 208 g/mol. The lowest BCUT2D eigenvalue weighted by molar-refractivity contribution is -0.137. The molecule has 0 fully saturated rings. The molecule has 5 nitrogen and oxygen atoms in total. The van der Waals surface area contributed by atoms with Crippen molar-refractivity contribution in [2.75, 3.05) is 20.8 Å². The molecule has 0 unspecified atom stereocenters. The van der Waals surface area contributed by atoms with Crippen molar-refractivity contribution in [1.29, 1.82) is 0 Å². The van der Waals surface area contributed by atoms with Gasteiger partial charge in [0.25, 0.3) is 0 Å². The van der Waals surface area contributed by atoms with E-state index in [2.05, 4.69) is 20.4 Å². The van der Waals surface area contributed by atoms with Crippen LogP contribution in [0, 0.1) is 0 Å². The third kappa shape index (κ3) is 2.95. The van der Waals surface area contributed by atoms with Crippen LogP contribution in [0.5, 0.6) is 0 Å². The largest absolute Gasteiger partial charge is 0.462 e. The maximum atomic E-state index is 11.5. The van der Waals surface area contributed by atoms with Crippen LogP contribution < -0.4 is 0 Å². The molecular formula is C7H13O5P. The number of esters is 1. The van der Waals surface area contributed by atoms with Crippen molar-refractivity contribution in [3.05, 3.63) is 11.9 Å². The van der Waals surface area contributed by atoms with Crippen LogP contribution in [0.3, 0.4) is 0 Å². The Kier molecular flexibility index (Phi) is 4.91. The van der Waals surface area contributed by atoms with E-state index in [1.807, 2.05) is 0 Å². The molecule has 76 valence electrons. The van der Waals surface area contributed by atoms with E-state index >= 15 is 0 Å². The minimum Gasteiger partial charge on any atom is -0.462 e. The normalized spacial score (nSPS) is 11.0. The summed E-state index contributed by atoms with van der Waals surface area (Å²) < 4.78 is 25.2. The van der Waals surface area contributed by atoms with Crippen molar-refractivity contribution in [2.24, 2.45) is 0 Å². The molecule has 6 heteroatoms. The number of rotatable bonds is 5. The van der Waals surface area contributed by atoms with Crippen molar-refractivity contribution < 1.29 is 23.1 Å². The van der Waals surface area contributed by atoms with Gasteiger partial charge in [0.1, 0.15) is 5.31 Å². The lowest BCUT2D eigenvalue weighted by Gasteiger charge is -2.14. The first-order valence-electron chi connectivity index (χ1n) is 3.60. The summed E-state index contributed by atoms with van der Waals surface area (Å²) in [5, 5.41) is -0.292. The van der Waals surface area contributed by atoms with Crippen molar-refractivity contribution in [3.8, 4) is 0 Å². The molecule has 0 rings (SSSR count). The Morgan fingerprint density at radius 2 is 1.85 bits per heavy atom. The fraction of sp³-hybridized carbons (Fsp3) is 0.571. The van der Waals surface area contributed by atoms with Crippen LogP contribution in [-0.4, -0.2) is 26.8 Å². The van der Waals surface area contributed by atoms with Gasteiger partial charge in [-0.05, 0) is 6.92 Å². The highest BCUT2D eigenvalue weighted by Gasteiger charge is 2.32. The van der Waals surface area contributed by atoms with E-state index in [-0.39, 0.29) is 11.9 Å². The van der Waals surface area contributed by atoms with E-state index in [9.17, 15) is 9.36 Å². The van der Waals surface area contributed by atoms with Crippen molar-refractivity contribution in [2.45, 2.75) is 6.92 Å². The summed E-state index contributed by atoms with van der Waals surface area (Å²) >= 11 is 0. The van der Waals surface area contributed by atoms with Crippen molar-refractivity contribution in [1.82, 2.24) is 0 Å². The van der Waals surface area contributed by atoms with Crippen LogP contribution in [0.15, 0.2) is 11.9 Å². The second-order valence-corrected chi connectivity index (χ2v) is 4.29. The van der Waals surface area contributed by atoms with E-state index in [1.54, 1.807) is 6.92 Å². The van der Waals surface area contributed by atoms with Gasteiger partial charge in [0, 0.05) is 14.2 Å². The standard InChI is InChI=1S/C7H13O5P/c1-5-12-7(8)6(2)13(9,10-3)11-4/h2,5H2,1,3-4H3. The van der Waals surface area contributed by atoms with Crippen LogP contribution in [-0.2, 0) is 23.1 Å². The molecule has 0 aliphatic rings. The lowest BCUT2D eigenvalue weighted by atomic mass is 10.6. The van der Waals surface area contributed by atoms with Crippen LogP contribution in [0.25, 0.3) is 0 Å². The Hall–Kier alpha value is -0.640. The SMILES string of the molecule is C=C(C(=O)OCC)P(=O)(OC)OC. The van der Waals surface area contributed by atoms with Crippen LogP contribution in [0.4, 0.5) is 0 Å². The second kappa shape index (κ2) is 5.17. The molecule has 0 aromatic carbocycles. The lowest BCUT2D eigenvalue weighted by Crippen LogP contribution is -2.08. The smallest absolute Gasteiger partial charge is 0.367 e. The van der Waals surface area contributed by atoms with Gasteiger partial charge in [-0.2, -0.15) is 0 Å². The molecule has 0 saturated carbocycles. The molecule has 0 aromatic heterocycles. The maximum absolute atomic E-state index is 11.5. The van der Waals surface area contributed by atoms with Gasteiger partial charge in [0.05, 0.1) is 6.61 Å². The van der Waals surface area contributed by atoms with Crippen molar-refractivity contribution >= 4 is 13.6 Å². The number of carbonyl (C=O) groups is 1. The molecule has 0 aliphatic carbocycles. The highest BCUT2D eigenvalue weighted by molar-refractivity contribution is 7.59. The summed E-state index contributed by atoms with van der Waals surface area (Å²) in [5.74, 6) is -0.769. The molecule has 0 N–H and O–H groups in total. The fourth-order valence-corrected chi connectivity index (χ4v) is 1.50. The second-order valence-electron chi connectivity index (χ2n) is 2.03. The number of hydrogen-bond acceptors (Lipinski definition) is 5.